The molecule has 1 heterocycles. The third-order valence-electron chi connectivity index (χ3n) is 2.83. The molecule has 4 nitrogen and oxygen atoms in total. The maximum Gasteiger partial charge on any atom is 0.253 e. The van der Waals surface area contributed by atoms with Gasteiger partial charge in [0.2, 0.25) is 0 Å². The van der Waals surface area contributed by atoms with E-state index < -0.39 is 0 Å². The number of nitrogens with one attached hydrogen (secondary N) is 1. The van der Waals surface area contributed by atoms with Gasteiger partial charge in [-0.2, -0.15) is 0 Å². The van der Waals surface area contributed by atoms with Crippen molar-refractivity contribution in [2.24, 2.45) is 0 Å². The van der Waals surface area contributed by atoms with E-state index in [1.807, 2.05) is 55.4 Å². The molecule has 0 saturated carbocycles. The zero-order valence-electron chi connectivity index (χ0n) is 11.1. The first kappa shape index (κ1) is 13.1. The molecule has 98 valence electrons. The van der Waals surface area contributed by atoms with Crippen molar-refractivity contribution in [2.75, 3.05) is 19.0 Å². The molecule has 0 unspecified atom stereocenters. The highest BCUT2D eigenvalue weighted by Crippen LogP contribution is 2.17. The minimum atomic E-state index is -0.0684. The fraction of sp³-hybridized carbons (Fsp3) is 0.200. The molecule has 0 radical (unpaired) electrons. The summed E-state index contributed by atoms with van der Waals surface area (Å²) in [5.41, 5.74) is 2.63. The number of nitrogens with zero attached hydrogens (tertiary/aromatic N) is 2. The number of hydrogen-bond acceptors (Lipinski definition) is 3. The third-order valence-corrected chi connectivity index (χ3v) is 2.83. The van der Waals surface area contributed by atoms with Gasteiger partial charge >= 0.3 is 0 Å². The monoisotopic (exact) mass is 255 g/mol. The fourth-order valence-electron chi connectivity index (χ4n) is 1.83. The maximum absolute atomic E-state index is 12.2. The Morgan fingerprint density at radius 1 is 1.16 bits per heavy atom. The molecular weight excluding hydrogens is 238 g/mol. The van der Waals surface area contributed by atoms with Crippen LogP contribution in [0.15, 0.2) is 48.8 Å². The fourth-order valence-corrected chi connectivity index (χ4v) is 1.83. The van der Waals surface area contributed by atoms with E-state index in [4.69, 9.17) is 0 Å². The lowest BCUT2D eigenvalue weighted by Crippen LogP contribution is -2.25. The minimum Gasteiger partial charge on any atom is -0.377 e. The second-order valence-electron chi connectivity index (χ2n) is 4.45. The van der Waals surface area contributed by atoms with Gasteiger partial charge in [-0.15, -0.1) is 0 Å². The van der Waals surface area contributed by atoms with Crippen LogP contribution >= 0.6 is 0 Å². The second kappa shape index (κ2) is 6.00. The summed E-state index contributed by atoms with van der Waals surface area (Å²) in [5.74, 6) is -0.0684. The van der Waals surface area contributed by atoms with Crippen LogP contribution in [0.4, 0.5) is 5.69 Å². The summed E-state index contributed by atoms with van der Waals surface area (Å²) in [6.07, 6.45) is 3.44. The summed E-state index contributed by atoms with van der Waals surface area (Å²) in [5, 5.41) is 2.92. The van der Waals surface area contributed by atoms with Crippen molar-refractivity contribution < 1.29 is 4.79 Å². The summed E-state index contributed by atoms with van der Waals surface area (Å²) >= 11 is 0. The predicted octanol–water partition coefficient (Wildman–Crippen LogP) is 2.08. The summed E-state index contributed by atoms with van der Waals surface area (Å²) in [6.45, 7) is 0.503. The molecule has 2 rings (SSSR count). The van der Waals surface area contributed by atoms with Gasteiger partial charge in [0.15, 0.2) is 0 Å². The Balaban J connectivity index is 2.08. The highest BCUT2D eigenvalue weighted by atomic mass is 16.1. The van der Waals surface area contributed by atoms with Crippen LogP contribution in [0.5, 0.6) is 0 Å². The molecule has 0 atom stereocenters. The zero-order chi connectivity index (χ0) is 13.7. The Labute approximate surface area is 113 Å². The number of anilines is 1. The molecule has 0 spiro atoms. The molecule has 0 aliphatic carbocycles. The standard InChI is InChI=1S/C15H17N3O/c1-18(2)14-6-4-3-5-13(14)15(19)17-11-12-7-9-16-10-8-12/h3-10H,11H2,1-2H3,(H,17,19). The first-order valence-electron chi connectivity index (χ1n) is 6.12. The van der Waals surface area contributed by atoms with Gasteiger partial charge in [-0.1, -0.05) is 12.1 Å². The maximum atomic E-state index is 12.2. The van der Waals surface area contributed by atoms with E-state index in [1.54, 1.807) is 12.4 Å². The molecule has 0 bridgehead atoms. The van der Waals surface area contributed by atoms with Crippen molar-refractivity contribution in [3.8, 4) is 0 Å². The number of pyridine rings is 1. The van der Waals surface area contributed by atoms with E-state index >= 15 is 0 Å². The Morgan fingerprint density at radius 2 is 1.84 bits per heavy atom. The Morgan fingerprint density at radius 3 is 2.53 bits per heavy atom. The first-order chi connectivity index (χ1) is 9.18. The van der Waals surface area contributed by atoms with Crippen LogP contribution in [-0.4, -0.2) is 25.0 Å². The summed E-state index contributed by atoms with van der Waals surface area (Å²) in [7, 11) is 3.85. The van der Waals surface area contributed by atoms with Gasteiger partial charge in [0, 0.05) is 38.7 Å². The molecule has 0 aliphatic heterocycles. The molecule has 1 aromatic heterocycles. The van der Waals surface area contributed by atoms with Gasteiger partial charge in [0.05, 0.1) is 5.56 Å². The Bertz CT molecular complexity index is 552. The molecule has 0 fully saturated rings. The van der Waals surface area contributed by atoms with Crippen molar-refractivity contribution in [3.05, 3.63) is 59.9 Å². The van der Waals surface area contributed by atoms with E-state index in [-0.39, 0.29) is 5.91 Å². The van der Waals surface area contributed by atoms with E-state index in [2.05, 4.69) is 10.3 Å². The number of benzene rings is 1. The van der Waals surface area contributed by atoms with E-state index in [9.17, 15) is 4.79 Å². The van der Waals surface area contributed by atoms with Gasteiger partial charge in [-0.3, -0.25) is 9.78 Å². The average Bonchev–Trinajstić information content (AvgIpc) is 2.46. The highest BCUT2D eigenvalue weighted by Gasteiger charge is 2.11. The molecule has 2 aromatic rings. The lowest BCUT2D eigenvalue weighted by molar-refractivity contribution is 0.0951. The van der Waals surface area contributed by atoms with Gasteiger partial charge in [0.25, 0.3) is 5.91 Å². The van der Waals surface area contributed by atoms with Crippen LogP contribution < -0.4 is 10.2 Å². The summed E-state index contributed by atoms with van der Waals surface area (Å²) < 4.78 is 0. The normalized spacial score (nSPS) is 10.0. The van der Waals surface area contributed by atoms with Gasteiger partial charge in [-0.05, 0) is 29.8 Å². The number of amides is 1. The Hall–Kier alpha value is -2.36. The summed E-state index contributed by atoms with van der Waals surface area (Å²) in [6, 6.07) is 11.3. The smallest absolute Gasteiger partial charge is 0.253 e. The van der Waals surface area contributed by atoms with Crippen molar-refractivity contribution in [2.45, 2.75) is 6.54 Å². The number of hydrogen-bond donors (Lipinski definition) is 1. The highest BCUT2D eigenvalue weighted by molar-refractivity contribution is 5.99. The van der Waals surface area contributed by atoms with E-state index in [1.165, 1.54) is 0 Å². The van der Waals surface area contributed by atoms with E-state index in [0.29, 0.717) is 12.1 Å². The lowest BCUT2D eigenvalue weighted by Gasteiger charge is -2.16. The number of aromatic nitrogens is 1. The van der Waals surface area contributed by atoms with Gasteiger partial charge in [-0.25, -0.2) is 0 Å². The zero-order valence-corrected chi connectivity index (χ0v) is 11.1. The number of rotatable bonds is 4. The molecule has 1 aromatic carbocycles. The number of carbonyl (C=O) groups is 1. The lowest BCUT2D eigenvalue weighted by atomic mass is 10.1. The van der Waals surface area contributed by atoms with Gasteiger partial charge < -0.3 is 10.2 Å². The SMILES string of the molecule is CN(C)c1ccccc1C(=O)NCc1ccncc1. The molecule has 1 N–H and O–H groups in total. The molecule has 4 heteroatoms. The second-order valence-corrected chi connectivity index (χ2v) is 4.45. The molecular formula is C15H17N3O. The van der Waals surface area contributed by atoms with Crippen LogP contribution in [0.3, 0.4) is 0 Å². The van der Waals surface area contributed by atoms with Crippen LogP contribution in [-0.2, 0) is 6.54 Å². The van der Waals surface area contributed by atoms with Crippen LogP contribution in [0.25, 0.3) is 0 Å². The molecule has 1 amide bonds. The van der Waals surface area contributed by atoms with Crippen molar-refractivity contribution in [1.29, 1.82) is 0 Å². The van der Waals surface area contributed by atoms with Crippen LogP contribution in [0.2, 0.25) is 0 Å². The largest absolute Gasteiger partial charge is 0.377 e. The van der Waals surface area contributed by atoms with Crippen molar-refractivity contribution >= 4 is 11.6 Å². The topological polar surface area (TPSA) is 45.2 Å². The van der Waals surface area contributed by atoms with E-state index in [0.717, 1.165) is 11.3 Å². The molecule has 0 saturated heterocycles. The van der Waals surface area contributed by atoms with Crippen molar-refractivity contribution in [1.82, 2.24) is 10.3 Å². The minimum absolute atomic E-state index is 0.0684. The average molecular weight is 255 g/mol. The van der Waals surface area contributed by atoms with Gasteiger partial charge in [0.1, 0.15) is 0 Å². The molecule has 0 aliphatic rings. The van der Waals surface area contributed by atoms with Crippen LogP contribution in [0, 0.1) is 0 Å². The van der Waals surface area contributed by atoms with Crippen molar-refractivity contribution in [3.63, 3.8) is 0 Å². The predicted molar refractivity (Wildman–Crippen MR) is 76.2 cm³/mol. The quantitative estimate of drug-likeness (QED) is 0.909. The number of carbonyl (C=O) groups excluding carboxylic acids is 1. The summed E-state index contributed by atoms with van der Waals surface area (Å²) in [4.78, 5) is 18.1. The first-order valence-corrected chi connectivity index (χ1v) is 6.12. The third kappa shape index (κ3) is 3.31. The molecule has 19 heavy (non-hydrogen) atoms. The van der Waals surface area contributed by atoms with Crippen LogP contribution in [0.1, 0.15) is 15.9 Å². The Kier molecular flexibility index (Phi) is 4.13. The number of para-hydroxylation sites is 1.